The summed E-state index contributed by atoms with van der Waals surface area (Å²) in [6.45, 7) is 7.36. The van der Waals surface area contributed by atoms with Crippen molar-refractivity contribution in [3.8, 4) is 0 Å². The molecule has 2 rings (SSSR count). The lowest BCUT2D eigenvalue weighted by Gasteiger charge is -2.40. The molecule has 1 aromatic rings. The van der Waals surface area contributed by atoms with Crippen LogP contribution in [0.25, 0.3) is 0 Å². The average molecular weight is 292 g/mol. The minimum Gasteiger partial charge on any atom is -0.383 e. The zero-order chi connectivity index (χ0) is 15.3. The molecule has 1 saturated heterocycles. The molecular weight excluding hydrogens is 264 g/mol. The molecule has 3 N–H and O–H groups in total. The molecule has 5 heteroatoms. The Morgan fingerprint density at radius 1 is 1.33 bits per heavy atom. The first kappa shape index (κ1) is 16.0. The van der Waals surface area contributed by atoms with Gasteiger partial charge in [0.1, 0.15) is 18.0 Å². The highest BCUT2D eigenvalue weighted by Crippen LogP contribution is 2.33. The molecule has 2 heterocycles. The summed E-state index contributed by atoms with van der Waals surface area (Å²) in [5, 5.41) is 3.59. The van der Waals surface area contributed by atoms with Crippen molar-refractivity contribution in [2.24, 2.45) is 0 Å². The van der Waals surface area contributed by atoms with Crippen molar-refractivity contribution in [1.82, 2.24) is 9.97 Å². The van der Waals surface area contributed by atoms with Gasteiger partial charge in [-0.15, -0.1) is 0 Å². The first-order chi connectivity index (χ1) is 10.1. The number of hydrogen-bond acceptors (Lipinski definition) is 5. The summed E-state index contributed by atoms with van der Waals surface area (Å²) in [6.07, 6.45) is 7.62. The van der Waals surface area contributed by atoms with Gasteiger partial charge in [0, 0.05) is 18.2 Å². The fraction of sp³-hybridized carbons (Fsp3) is 0.750. The van der Waals surface area contributed by atoms with E-state index in [2.05, 4.69) is 36.1 Å². The van der Waals surface area contributed by atoms with E-state index in [1.54, 1.807) is 6.33 Å². The standard InChI is InChI=1S/C16H28N4O/c1-4-7-13-14(17)18-11-19-15(13)20-12-8-9-21-16(5-2,6-3)10-12/h11-12H,4-10H2,1-3H3,(H3,17,18,19,20). The van der Waals surface area contributed by atoms with Gasteiger partial charge >= 0.3 is 0 Å². The molecule has 0 amide bonds. The molecular formula is C16H28N4O. The van der Waals surface area contributed by atoms with Crippen molar-refractivity contribution in [2.75, 3.05) is 17.7 Å². The number of rotatable bonds is 6. The second-order valence-corrected chi connectivity index (χ2v) is 5.91. The molecule has 1 fully saturated rings. The summed E-state index contributed by atoms with van der Waals surface area (Å²) >= 11 is 0. The quantitative estimate of drug-likeness (QED) is 0.842. The lowest BCUT2D eigenvalue weighted by molar-refractivity contribution is -0.0864. The van der Waals surface area contributed by atoms with Crippen LogP contribution in [0.15, 0.2) is 6.33 Å². The Hall–Kier alpha value is -1.36. The molecule has 1 aromatic heterocycles. The lowest BCUT2D eigenvalue weighted by atomic mass is 9.86. The SMILES string of the molecule is CCCc1c(N)ncnc1NC1CCOC(CC)(CC)C1. The molecule has 0 aromatic carbocycles. The van der Waals surface area contributed by atoms with Gasteiger partial charge in [0.05, 0.1) is 5.60 Å². The van der Waals surface area contributed by atoms with Crippen molar-refractivity contribution in [2.45, 2.75) is 70.9 Å². The van der Waals surface area contributed by atoms with E-state index < -0.39 is 0 Å². The molecule has 1 aliphatic rings. The van der Waals surface area contributed by atoms with Gasteiger partial charge in [-0.2, -0.15) is 0 Å². The van der Waals surface area contributed by atoms with E-state index in [0.29, 0.717) is 11.9 Å². The van der Waals surface area contributed by atoms with Gasteiger partial charge in [0.2, 0.25) is 0 Å². The highest BCUT2D eigenvalue weighted by molar-refractivity contribution is 5.55. The summed E-state index contributed by atoms with van der Waals surface area (Å²) in [4.78, 5) is 8.52. The first-order valence-electron chi connectivity index (χ1n) is 8.14. The van der Waals surface area contributed by atoms with Crippen LogP contribution in [-0.4, -0.2) is 28.2 Å². The van der Waals surface area contributed by atoms with Crippen LogP contribution in [0.2, 0.25) is 0 Å². The van der Waals surface area contributed by atoms with Gasteiger partial charge < -0.3 is 15.8 Å². The average Bonchev–Trinajstić information content (AvgIpc) is 2.51. The van der Waals surface area contributed by atoms with Crippen LogP contribution in [0.3, 0.4) is 0 Å². The smallest absolute Gasteiger partial charge is 0.134 e. The molecule has 0 aliphatic carbocycles. The Morgan fingerprint density at radius 2 is 2.10 bits per heavy atom. The predicted molar refractivity (Wildman–Crippen MR) is 86.3 cm³/mol. The van der Waals surface area contributed by atoms with E-state index in [-0.39, 0.29) is 5.60 Å². The van der Waals surface area contributed by atoms with Gasteiger partial charge in [-0.3, -0.25) is 0 Å². The number of hydrogen-bond donors (Lipinski definition) is 2. The minimum atomic E-state index is 0.0133. The number of aromatic nitrogens is 2. The van der Waals surface area contributed by atoms with Crippen LogP contribution in [-0.2, 0) is 11.2 Å². The Bertz CT molecular complexity index is 460. The third kappa shape index (κ3) is 3.64. The second kappa shape index (κ2) is 7.07. The molecule has 1 unspecified atom stereocenters. The number of nitrogen functional groups attached to an aromatic ring is 1. The highest BCUT2D eigenvalue weighted by atomic mass is 16.5. The minimum absolute atomic E-state index is 0.0133. The second-order valence-electron chi connectivity index (χ2n) is 5.91. The highest BCUT2D eigenvalue weighted by Gasteiger charge is 2.34. The summed E-state index contributed by atoms with van der Waals surface area (Å²) in [6, 6.07) is 0.392. The number of nitrogens with two attached hydrogens (primary N) is 1. The molecule has 1 atom stereocenters. The fourth-order valence-electron chi connectivity index (χ4n) is 3.13. The maximum Gasteiger partial charge on any atom is 0.134 e. The summed E-state index contributed by atoms with van der Waals surface area (Å²) < 4.78 is 6.04. The van der Waals surface area contributed by atoms with Gasteiger partial charge in [-0.1, -0.05) is 27.2 Å². The van der Waals surface area contributed by atoms with E-state index in [1.807, 2.05) is 0 Å². The van der Waals surface area contributed by atoms with Crippen LogP contribution in [0.1, 0.15) is 58.4 Å². The van der Waals surface area contributed by atoms with E-state index in [9.17, 15) is 0 Å². The third-order valence-electron chi connectivity index (χ3n) is 4.60. The molecule has 0 radical (unpaired) electrons. The van der Waals surface area contributed by atoms with Crippen LogP contribution in [0.5, 0.6) is 0 Å². The number of nitrogens with one attached hydrogen (secondary N) is 1. The largest absolute Gasteiger partial charge is 0.383 e. The van der Waals surface area contributed by atoms with Crippen LogP contribution in [0.4, 0.5) is 11.6 Å². The normalized spacial score (nSPS) is 21.2. The van der Waals surface area contributed by atoms with E-state index >= 15 is 0 Å². The van der Waals surface area contributed by atoms with Crippen LogP contribution >= 0.6 is 0 Å². The number of anilines is 2. The van der Waals surface area contributed by atoms with Crippen LogP contribution < -0.4 is 11.1 Å². The molecule has 118 valence electrons. The Balaban J connectivity index is 2.13. The van der Waals surface area contributed by atoms with Crippen molar-refractivity contribution in [3.63, 3.8) is 0 Å². The monoisotopic (exact) mass is 292 g/mol. The molecule has 5 nitrogen and oxygen atoms in total. The molecule has 0 bridgehead atoms. The van der Waals surface area contributed by atoms with Gasteiger partial charge in [-0.05, 0) is 32.1 Å². The van der Waals surface area contributed by atoms with Gasteiger partial charge in [0.25, 0.3) is 0 Å². The maximum absolute atomic E-state index is 6.04. The van der Waals surface area contributed by atoms with Crippen molar-refractivity contribution in [1.29, 1.82) is 0 Å². The first-order valence-corrected chi connectivity index (χ1v) is 8.14. The van der Waals surface area contributed by atoms with Crippen molar-refractivity contribution >= 4 is 11.6 Å². The zero-order valence-electron chi connectivity index (χ0n) is 13.5. The fourth-order valence-corrected chi connectivity index (χ4v) is 3.13. The van der Waals surface area contributed by atoms with Gasteiger partial charge in [0.15, 0.2) is 0 Å². The van der Waals surface area contributed by atoms with Crippen molar-refractivity contribution < 1.29 is 4.74 Å². The molecule has 21 heavy (non-hydrogen) atoms. The Labute approximate surface area is 127 Å². The molecule has 0 spiro atoms. The summed E-state index contributed by atoms with van der Waals surface area (Å²) in [5.74, 6) is 1.50. The van der Waals surface area contributed by atoms with Crippen molar-refractivity contribution in [3.05, 3.63) is 11.9 Å². The number of ether oxygens (including phenoxy) is 1. The number of nitrogens with zero attached hydrogens (tertiary/aromatic N) is 2. The van der Waals surface area contributed by atoms with E-state index in [1.165, 1.54) is 0 Å². The molecule has 0 saturated carbocycles. The third-order valence-corrected chi connectivity index (χ3v) is 4.60. The zero-order valence-corrected chi connectivity index (χ0v) is 13.5. The maximum atomic E-state index is 6.04. The topological polar surface area (TPSA) is 73.1 Å². The summed E-state index contributed by atoms with van der Waals surface area (Å²) in [5.41, 5.74) is 7.06. The van der Waals surface area contributed by atoms with E-state index in [0.717, 1.165) is 56.5 Å². The molecule has 1 aliphatic heterocycles. The van der Waals surface area contributed by atoms with E-state index in [4.69, 9.17) is 10.5 Å². The summed E-state index contributed by atoms with van der Waals surface area (Å²) in [7, 11) is 0. The lowest BCUT2D eigenvalue weighted by Crippen LogP contribution is -2.43. The Kier molecular flexibility index (Phi) is 5.39. The predicted octanol–water partition coefficient (Wildman–Crippen LogP) is 3.16. The van der Waals surface area contributed by atoms with Crippen LogP contribution in [0, 0.1) is 0 Å². The Morgan fingerprint density at radius 3 is 2.76 bits per heavy atom. The van der Waals surface area contributed by atoms with Gasteiger partial charge in [-0.25, -0.2) is 9.97 Å².